The molecule has 0 saturated carbocycles. The average molecular weight is 395 g/mol. The number of nitriles is 1. The van der Waals surface area contributed by atoms with Gasteiger partial charge in [0.15, 0.2) is 0 Å². The van der Waals surface area contributed by atoms with E-state index in [0.717, 1.165) is 50.3 Å². The van der Waals surface area contributed by atoms with Crippen LogP contribution in [0.15, 0.2) is 29.7 Å². The molecule has 0 radical (unpaired) electrons. The molecule has 2 aromatic heterocycles. The van der Waals surface area contributed by atoms with Crippen LogP contribution < -0.4 is 4.90 Å². The largest absolute Gasteiger partial charge is 0.352 e. The van der Waals surface area contributed by atoms with E-state index in [-0.39, 0.29) is 5.91 Å². The number of anilines is 1. The number of aromatic nitrogens is 3. The van der Waals surface area contributed by atoms with Crippen LogP contribution in [0.3, 0.4) is 0 Å². The standard InChI is InChI=1S/C20H22N6OS/c21-12-16-11-15-3-1-2-4-17(15)24-20(16)28-14-19(27)26-9-7-25(8-10-26)18-13-22-5-6-23-18/h5-6,11,13H,1-4,7-10,14H2. The molecule has 3 heterocycles. The van der Waals surface area contributed by atoms with Gasteiger partial charge in [0.25, 0.3) is 0 Å². The maximum atomic E-state index is 12.7. The Morgan fingerprint density at radius 1 is 1.18 bits per heavy atom. The minimum Gasteiger partial charge on any atom is -0.352 e. The Morgan fingerprint density at radius 3 is 2.75 bits per heavy atom. The molecule has 0 unspecified atom stereocenters. The van der Waals surface area contributed by atoms with Crippen LogP contribution in [0.5, 0.6) is 0 Å². The second-order valence-corrected chi connectivity index (χ2v) is 7.95. The molecule has 28 heavy (non-hydrogen) atoms. The summed E-state index contributed by atoms with van der Waals surface area (Å²) in [5.41, 5.74) is 2.88. The summed E-state index contributed by atoms with van der Waals surface area (Å²) in [7, 11) is 0. The lowest BCUT2D eigenvalue weighted by Crippen LogP contribution is -2.49. The number of nitrogens with zero attached hydrogens (tertiary/aromatic N) is 6. The van der Waals surface area contributed by atoms with Crippen molar-refractivity contribution in [3.05, 3.63) is 41.5 Å². The van der Waals surface area contributed by atoms with Gasteiger partial charge in [-0.25, -0.2) is 9.97 Å². The Morgan fingerprint density at radius 2 is 2.00 bits per heavy atom. The Bertz CT molecular complexity index is 890. The molecule has 1 saturated heterocycles. The quantitative estimate of drug-likeness (QED) is 0.734. The van der Waals surface area contributed by atoms with Crippen LogP contribution in [0, 0.1) is 11.3 Å². The third-order valence-electron chi connectivity index (χ3n) is 5.22. The van der Waals surface area contributed by atoms with Crippen molar-refractivity contribution in [1.29, 1.82) is 5.26 Å². The number of carbonyl (C=O) groups is 1. The van der Waals surface area contributed by atoms with Crippen LogP contribution in [0.25, 0.3) is 0 Å². The molecule has 2 aliphatic rings. The summed E-state index contributed by atoms with van der Waals surface area (Å²) >= 11 is 1.38. The number of thioether (sulfide) groups is 1. The number of aryl methyl sites for hydroxylation is 2. The highest BCUT2D eigenvalue weighted by atomic mass is 32.2. The van der Waals surface area contributed by atoms with Gasteiger partial charge in [-0.3, -0.25) is 9.78 Å². The third kappa shape index (κ3) is 4.09. The van der Waals surface area contributed by atoms with E-state index in [1.807, 2.05) is 11.0 Å². The van der Waals surface area contributed by atoms with Gasteiger partial charge in [0.05, 0.1) is 17.5 Å². The summed E-state index contributed by atoms with van der Waals surface area (Å²) in [6, 6.07) is 4.21. The molecule has 0 aromatic carbocycles. The summed E-state index contributed by atoms with van der Waals surface area (Å²) in [6.45, 7) is 2.82. The van der Waals surface area contributed by atoms with E-state index in [4.69, 9.17) is 4.98 Å². The molecule has 4 rings (SSSR count). The van der Waals surface area contributed by atoms with Crippen molar-refractivity contribution in [3.8, 4) is 6.07 Å². The average Bonchev–Trinajstić information content (AvgIpc) is 2.77. The lowest BCUT2D eigenvalue weighted by atomic mass is 9.95. The van der Waals surface area contributed by atoms with Crippen molar-refractivity contribution in [2.75, 3.05) is 36.8 Å². The fourth-order valence-corrected chi connectivity index (χ4v) is 4.54. The van der Waals surface area contributed by atoms with Gasteiger partial charge in [-0.05, 0) is 37.3 Å². The molecule has 8 heteroatoms. The molecule has 1 fully saturated rings. The first kappa shape index (κ1) is 18.7. The van der Waals surface area contributed by atoms with Gasteiger partial charge in [-0.15, -0.1) is 0 Å². The minimum atomic E-state index is 0.0900. The van der Waals surface area contributed by atoms with Crippen molar-refractivity contribution in [1.82, 2.24) is 19.9 Å². The number of piperazine rings is 1. The van der Waals surface area contributed by atoms with Crippen molar-refractivity contribution in [3.63, 3.8) is 0 Å². The molecule has 1 aliphatic carbocycles. The van der Waals surface area contributed by atoms with Gasteiger partial charge in [0.2, 0.25) is 5.91 Å². The second-order valence-electron chi connectivity index (χ2n) is 6.99. The Balaban J connectivity index is 1.34. The van der Waals surface area contributed by atoms with Crippen molar-refractivity contribution in [2.45, 2.75) is 30.7 Å². The first-order valence-corrected chi connectivity index (χ1v) is 10.6. The molecular formula is C20H22N6OS. The van der Waals surface area contributed by atoms with Crippen LogP contribution >= 0.6 is 11.8 Å². The summed E-state index contributed by atoms with van der Waals surface area (Å²) in [5.74, 6) is 1.25. The molecule has 0 N–H and O–H groups in total. The maximum absolute atomic E-state index is 12.7. The Kier molecular flexibility index (Phi) is 5.72. The second kappa shape index (κ2) is 8.57. The summed E-state index contributed by atoms with van der Waals surface area (Å²) in [6.07, 6.45) is 9.35. The van der Waals surface area contributed by atoms with Crippen LogP contribution in [0.4, 0.5) is 5.82 Å². The molecule has 1 amide bonds. The van der Waals surface area contributed by atoms with Crippen LogP contribution in [-0.4, -0.2) is 57.7 Å². The zero-order chi connectivity index (χ0) is 19.3. The van der Waals surface area contributed by atoms with Gasteiger partial charge in [0.1, 0.15) is 16.9 Å². The summed E-state index contributed by atoms with van der Waals surface area (Å²) in [4.78, 5) is 29.8. The van der Waals surface area contributed by atoms with Gasteiger partial charge >= 0.3 is 0 Å². The molecule has 2 aromatic rings. The monoisotopic (exact) mass is 394 g/mol. The topological polar surface area (TPSA) is 86.0 Å². The van der Waals surface area contributed by atoms with Crippen LogP contribution in [-0.2, 0) is 17.6 Å². The molecule has 0 bridgehead atoms. The van der Waals surface area contributed by atoms with E-state index in [2.05, 4.69) is 20.9 Å². The Hall–Kier alpha value is -2.66. The molecule has 144 valence electrons. The van der Waals surface area contributed by atoms with Gasteiger partial charge in [0, 0.05) is 44.3 Å². The zero-order valence-electron chi connectivity index (χ0n) is 15.7. The SMILES string of the molecule is N#Cc1cc2c(nc1SCC(=O)N1CCN(c3cnccn3)CC1)CCCC2. The van der Waals surface area contributed by atoms with Crippen LogP contribution in [0.1, 0.15) is 29.7 Å². The van der Waals surface area contributed by atoms with Crippen molar-refractivity contribution in [2.24, 2.45) is 0 Å². The van der Waals surface area contributed by atoms with Crippen molar-refractivity contribution < 1.29 is 4.79 Å². The van der Waals surface area contributed by atoms with E-state index < -0.39 is 0 Å². The molecule has 1 aliphatic heterocycles. The van der Waals surface area contributed by atoms with Crippen LogP contribution in [0.2, 0.25) is 0 Å². The predicted molar refractivity (Wildman–Crippen MR) is 107 cm³/mol. The molecular weight excluding hydrogens is 372 g/mol. The van der Waals surface area contributed by atoms with E-state index in [9.17, 15) is 10.1 Å². The third-order valence-corrected chi connectivity index (χ3v) is 6.20. The first-order chi connectivity index (χ1) is 13.7. The molecule has 0 atom stereocenters. The van der Waals surface area contributed by atoms with E-state index >= 15 is 0 Å². The molecule has 0 spiro atoms. The Labute approximate surface area is 168 Å². The number of carbonyl (C=O) groups excluding carboxylic acids is 1. The van der Waals surface area contributed by atoms with Gasteiger partial charge < -0.3 is 9.80 Å². The highest BCUT2D eigenvalue weighted by molar-refractivity contribution is 8.00. The summed E-state index contributed by atoms with van der Waals surface area (Å²) < 4.78 is 0. The van der Waals surface area contributed by atoms with Gasteiger partial charge in [-0.1, -0.05) is 11.8 Å². The minimum absolute atomic E-state index is 0.0900. The smallest absolute Gasteiger partial charge is 0.233 e. The predicted octanol–water partition coefficient (Wildman–Crippen LogP) is 2.06. The fourth-order valence-electron chi connectivity index (χ4n) is 3.67. The number of pyridine rings is 1. The first-order valence-electron chi connectivity index (χ1n) is 9.59. The highest BCUT2D eigenvalue weighted by Gasteiger charge is 2.23. The lowest BCUT2D eigenvalue weighted by molar-refractivity contribution is -0.128. The normalized spacial score (nSPS) is 16.4. The summed E-state index contributed by atoms with van der Waals surface area (Å²) in [5, 5.41) is 10.1. The number of amides is 1. The highest BCUT2D eigenvalue weighted by Crippen LogP contribution is 2.27. The van der Waals surface area contributed by atoms with Crippen molar-refractivity contribution >= 4 is 23.5 Å². The zero-order valence-corrected chi connectivity index (χ0v) is 16.5. The maximum Gasteiger partial charge on any atom is 0.233 e. The molecule has 7 nitrogen and oxygen atoms in total. The number of fused-ring (bicyclic) bond motifs is 1. The fraction of sp³-hybridized carbons (Fsp3) is 0.450. The number of hydrogen-bond acceptors (Lipinski definition) is 7. The lowest BCUT2D eigenvalue weighted by Gasteiger charge is -2.35. The van der Waals surface area contributed by atoms with E-state index in [1.165, 1.54) is 17.3 Å². The number of rotatable bonds is 4. The van der Waals surface area contributed by atoms with Gasteiger partial charge in [-0.2, -0.15) is 5.26 Å². The van der Waals surface area contributed by atoms with E-state index in [1.54, 1.807) is 18.6 Å². The number of hydrogen-bond donors (Lipinski definition) is 0. The van der Waals surface area contributed by atoms with E-state index in [0.29, 0.717) is 29.4 Å².